The summed E-state index contributed by atoms with van der Waals surface area (Å²) in [7, 11) is 0. The molecule has 126 valence electrons. The van der Waals surface area contributed by atoms with Crippen LogP contribution in [0, 0.1) is 22.2 Å². The van der Waals surface area contributed by atoms with Gasteiger partial charge in [0, 0.05) is 12.3 Å². The van der Waals surface area contributed by atoms with Gasteiger partial charge in [-0.05, 0) is 67.0 Å². The van der Waals surface area contributed by atoms with Gasteiger partial charge in [-0.15, -0.1) is 0 Å². The van der Waals surface area contributed by atoms with Crippen molar-refractivity contribution >= 4 is 17.7 Å². The van der Waals surface area contributed by atoms with Crippen molar-refractivity contribution < 1.29 is 18.0 Å². The largest absolute Gasteiger partial charge is 0.441 e. The molecule has 0 saturated heterocycles. The van der Waals surface area contributed by atoms with Crippen LogP contribution in [0.25, 0.3) is 0 Å². The standard InChI is InChI=1S/C16H24F3NOS/c1-13-5-11-6-14(2,8-13)10-15(7-11,9-13)12(21)20-3-4-22-16(17,18)19/h11H,3-10H2,1-2H3,(H,20,21). The van der Waals surface area contributed by atoms with Crippen LogP contribution in [0.15, 0.2) is 0 Å². The quantitative estimate of drug-likeness (QED) is 0.774. The molecular formula is C16H24F3NOS. The average Bonchev–Trinajstić information content (AvgIpc) is 2.28. The first-order valence-electron chi connectivity index (χ1n) is 8.02. The van der Waals surface area contributed by atoms with Gasteiger partial charge in [-0.3, -0.25) is 4.79 Å². The minimum Gasteiger partial charge on any atom is -0.355 e. The second-order valence-electron chi connectivity index (χ2n) is 8.46. The number of hydrogen-bond donors (Lipinski definition) is 1. The molecule has 0 aromatic rings. The third-order valence-electron chi connectivity index (χ3n) is 5.76. The molecule has 0 radical (unpaired) electrons. The Morgan fingerprint density at radius 1 is 1.14 bits per heavy atom. The minimum atomic E-state index is -4.22. The van der Waals surface area contributed by atoms with E-state index in [4.69, 9.17) is 0 Å². The maximum absolute atomic E-state index is 12.7. The number of rotatable bonds is 4. The maximum Gasteiger partial charge on any atom is 0.441 e. The van der Waals surface area contributed by atoms with Crippen molar-refractivity contribution in [2.45, 2.75) is 57.9 Å². The summed E-state index contributed by atoms with van der Waals surface area (Å²) >= 11 is -0.0637. The normalized spacial score (nSPS) is 43.4. The molecule has 4 rings (SSSR count). The summed E-state index contributed by atoms with van der Waals surface area (Å²) < 4.78 is 36.4. The number of amides is 1. The number of carbonyl (C=O) groups excluding carboxylic acids is 1. The number of nitrogens with one attached hydrogen (secondary N) is 1. The van der Waals surface area contributed by atoms with Crippen LogP contribution in [0.2, 0.25) is 0 Å². The molecule has 0 heterocycles. The van der Waals surface area contributed by atoms with Crippen molar-refractivity contribution in [3.63, 3.8) is 0 Å². The summed E-state index contributed by atoms with van der Waals surface area (Å²) in [6, 6.07) is 0. The Morgan fingerprint density at radius 3 is 2.23 bits per heavy atom. The molecule has 2 atom stereocenters. The van der Waals surface area contributed by atoms with Crippen LogP contribution in [0.3, 0.4) is 0 Å². The summed E-state index contributed by atoms with van der Waals surface area (Å²) in [5, 5.41) is 2.79. The predicted molar refractivity (Wildman–Crippen MR) is 81.4 cm³/mol. The third kappa shape index (κ3) is 3.13. The Hall–Kier alpha value is -0.390. The van der Waals surface area contributed by atoms with Gasteiger partial charge in [0.25, 0.3) is 0 Å². The highest BCUT2D eigenvalue weighted by Gasteiger charge is 2.62. The second-order valence-corrected chi connectivity index (χ2v) is 9.62. The Bertz CT molecular complexity index is 461. The lowest BCUT2D eigenvalue weighted by Crippen LogP contribution is -2.60. The molecule has 2 nitrogen and oxygen atoms in total. The summed E-state index contributed by atoms with van der Waals surface area (Å²) in [5.41, 5.74) is -4.06. The monoisotopic (exact) mass is 335 g/mol. The Balaban J connectivity index is 1.63. The Kier molecular flexibility index (Phi) is 3.78. The van der Waals surface area contributed by atoms with Crippen LogP contribution < -0.4 is 5.32 Å². The van der Waals surface area contributed by atoms with Gasteiger partial charge in [0.15, 0.2) is 0 Å². The van der Waals surface area contributed by atoms with E-state index in [9.17, 15) is 18.0 Å². The highest BCUT2D eigenvalue weighted by atomic mass is 32.2. The number of thioether (sulfide) groups is 1. The molecule has 22 heavy (non-hydrogen) atoms. The van der Waals surface area contributed by atoms with E-state index in [1.165, 1.54) is 19.3 Å². The highest BCUT2D eigenvalue weighted by molar-refractivity contribution is 8.00. The van der Waals surface area contributed by atoms with Crippen LogP contribution >= 0.6 is 11.8 Å². The molecule has 4 bridgehead atoms. The van der Waals surface area contributed by atoms with Crippen LogP contribution in [0.5, 0.6) is 0 Å². The van der Waals surface area contributed by atoms with Gasteiger partial charge in [-0.2, -0.15) is 13.2 Å². The zero-order chi connectivity index (χ0) is 16.2. The SMILES string of the molecule is CC12CC3CC(C)(C1)CC(C(=O)NCCSC(F)(F)F)(C3)C2. The Morgan fingerprint density at radius 2 is 1.73 bits per heavy atom. The molecule has 1 amide bonds. The molecule has 4 fully saturated rings. The number of hydrogen-bond acceptors (Lipinski definition) is 2. The zero-order valence-corrected chi connectivity index (χ0v) is 14.0. The lowest BCUT2D eigenvalue weighted by molar-refractivity contribution is -0.170. The number of alkyl halides is 3. The van der Waals surface area contributed by atoms with E-state index in [1.807, 2.05) is 0 Å². The van der Waals surface area contributed by atoms with Crippen molar-refractivity contribution in [3.05, 3.63) is 0 Å². The van der Waals surface area contributed by atoms with Gasteiger partial charge >= 0.3 is 5.51 Å². The fourth-order valence-electron chi connectivity index (χ4n) is 6.22. The van der Waals surface area contributed by atoms with Crippen molar-refractivity contribution in [2.75, 3.05) is 12.3 Å². The van der Waals surface area contributed by atoms with E-state index in [0.29, 0.717) is 5.92 Å². The van der Waals surface area contributed by atoms with E-state index >= 15 is 0 Å². The molecule has 6 heteroatoms. The van der Waals surface area contributed by atoms with Crippen LogP contribution in [0.1, 0.15) is 52.4 Å². The minimum absolute atomic E-state index is 0.00294. The van der Waals surface area contributed by atoms with Crippen LogP contribution in [-0.2, 0) is 4.79 Å². The van der Waals surface area contributed by atoms with Crippen molar-refractivity contribution in [3.8, 4) is 0 Å². The molecule has 2 unspecified atom stereocenters. The smallest absolute Gasteiger partial charge is 0.355 e. The van der Waals surface area contributed by atoms with Crippen molar-refractivity contribution in [1.82, 2.24) is 5.32 Å². The second kappa shape index (κ2) is 5.05. The van der Waals surface area contributed by atoms with E-state index in [2.05, 4.69) is 19.2 Å². The van der Waals surface area contributed by atoms with Gasteiger partial charge in [-0.25, -0.2) is 0 Å². The summed E-state index contributed by atoms with van der Waals surface area (Å²) in [4.78, 5) is 12.7. The molecule has 0 aliphatic heterocycles. The fraction of sp³-hybridized carbons (Fsp3) is 0.938. The van der Waals surface area contributed by atoms with E-state index in [-0.39, 0.29) is 46.2 Å². The fourth-order valence-corrected chi connectivity index (χ4v) is 6.66. The summed E-state index contributed by atoms with van der Waals surface area (Å²) in [5.74, 6) is 0.502. The lowest BCUT2D eigenvalue weighted by atomic mass is 9.40. The van der Waals surface area contributed by atoms with Crippen LogP contribution in [-0.4, -0.2) is 23.7 Å². The topological polar surface area (TPSA) is 29.1 Å². The zero-order valence-electron chi connectivity index (χ0n) is 13.2. The van der Waals surface area contributed by atoms with Gasteiger partial charge in [-0.1, -0.05) is 13.8 Å². The highest BCUT2D eigenvalue weighted by Crippen LogP contribution is 2.69. The molecule has 4 aliphatic carbocycles. The van der Waals surface area contributed by atoms with E-state index < -0.39 is 5.51 Å². The van der Waals surface area contributed by atoms with Gasteiger partial charge in [0.2, 0.25) is 5.91 Å². The van der Waals surface area contributed by atoms with Crippen molar-refractivity contribution in [1.29, 1.82) is 0 Å². The molecule has 0 aromatic heterocycles. The molecular weight excluding hydrogens is 311 g/mol. The summed E-state index contributed by atoms with van der Waals surface area (Å²) in [6.45, 7) is 4.68. The van der Waals surface area contributed by atoms with Crippen LogP contribution in [0.4, 0.5) is 13.2 Å². The van der Waals surface area contributed by atoms with Gasteiger partial charge in [0.1, 0.15) is 0 Å². The summed E-state index contributed by atoms with van der Waals surface area (Å²) in [6.07, 6.45) is 6.35. The maximum atomic E-state index is 12.7. The van der Waals surface area contributed by atoms with E-state index in [1.54, 1.807) is 0 Å². The number of carbonyl (C=O) groups is 1. The first-order valence-corrected chi connectivity index (χ1v) is 9.01. The lowest BCUT2D eigenvalue weighted by Gasteiger charge is -2.64. The third-order valence-corrected chi connectivity index (χ3v) is 6.50. The predicted octanol–water partition coefficient (Wildman–Crippen LogP) is 4.35. The number of halogens is 3. The van der Waals surface area contributed by atoms with Gasteiger partial charge in [0.05, 0.1) is 5.41 Å². The first-order chi connectivity index (χ1) is 10.0. The van der Waals surface area contributed by atoms with E-state index in [0.717, 1.165) is 19.3 Å². The molecule has 4 aliphatic rings. The Labute approximate surface area is 134 Å². The molecule has 0 spiro atoms. The van der Waals surface area contributed by atoms with Gasteiger partial charge < -0.3 is 5.32 Å². The first kappa shape index (κ1) is 16.5. The molecule has 1 N–H and O–H groups in total. The average molecular weight is 335 g/mol. The molecule has 4 saturated carbocycles. The van der Waals surface area contributed by atoms with Crippen molar-refractivity contribution in [2.24, 2.45) is 22.2 Å². The molecule has 0 aromatic carbocycles.